The molecule has 35 heavy (non-hydrogen) atoms. The third-order valence-electron chi connectivity index (χ3n) is 7.39. The fourth-order valence-corrected chi connectivity index (χ4v) is 5.74. The maximum Gasteiger partial charge on any atom is 0.0363 e. The summed E-state index contributed by atoms with van der Waals surface area (Å²) in [7, 11) is 0. The van der Waals surface area contributed by atoms with Gasteiger partial charge >= 0.3 is 0 Å². The van der Waals surface area contributed by atoms with Crippen molar-refractivity contribution in [1.29, 1.82) is 0 Å². The second kappa shape index (κ2) is 16.5. The van der Waals surface area contributed by atoms with E-state index in [1.54, 1.807) is 0 Å². The van der Waals surface area contributed by atoms with Gasteiger partial charge in [0.15, 0.2) is 0 Å². The average molecular weight is 513 g/mol. The van der Waals surface area contributed by atoms with Gasteiger partial charge in [0.05, 0.1) is 0 Å². The van der Waals surface area contributed by atoms with Gasteiger partial charge in [0, 0.05) is 24.2 Å². The first-order valence-corrected chi connectivity index (χ1v) is 12.7. The van der Waals surface area contributed by atoms with Gasteiger partial charge in [-0.25, -0.2) is 0 Å². The van der Waals surface area contributed by atoms with Crippen molar-refractivity contribution < 1.29 is 16.4 Å². The van der Waals surface area contributed by atoms with Gasteiger partial charge in [-0.15, -0.1) is 0 Å². The molecule has 1 saturated heterocycles. The quantitative estimate of drug-likeness (QED) is 0.481. The zero-order chi connectivity index (χ0) is 22.4. The number of rotatable bonds is 9. The van der Waals surface area contributed by atoms with Crippen LogP contribution in [0.4, 0.5) is 0 Å². The molecule has 0 bridgehead atoms. The lowest BCUT2D eigenvalue weighted by atomic mass is 9.66. The molecule has 1 aliphatic carbocycles. The number of allylic oxidation sites excluding steroid dienone is 4. The van der Waals surface area contributed by atoms with Crippen molar-refractivity contribution in [3.63, 3.8) is 0 Å². The van der Waals surface area contributed by atoms with Crippen molar-refractivity contribution >= 4 is 11.6 Å². The number of hydrogen-bond donors (Lipinski definition) is 1. The molecule has 0 saturated carbocycles. The van der Waals surface area contributed by atoms with Crippen molar-refractivity contribution in [2.45, 2.75) is 73.8 Å². The molecule has 6 heteroatoms. The third kappa shape index (κ3) is 10.7. The molecule has 1 aromatic carbocycles. The lowest BCUT2D eigenvalue weighted by molar-refractivity contribution is 0.0252. The smallest absolute Gasteiger partial charge is 0.0363 e. The van der Waals surface area contributed by atoms with Crippen molar-refractivity contribution in [2.24, 2.45) is 23.2 Å². The molecule has 204 valence electrons. The van der Waals surface area contributed by atoms with Crippen molar-refractivity contribution in [1.82, 2.24) is 10.2 Å². The number of halogens is 1. The minimum atomic E-state index is 0. The normalized spacial score (nSPS) is 22.1. The van der Waals surface area contributed by atoms with Crippen LogP contribution in [0.1, 0.15) is 65.5 Å². The maximum atomic E-state index is 6.15. The second-order valence-corrected chi connectivity index (χ2v) is 11.3. The topological polar surface area (TPSA) is 110 Å². The van der Waals surface area contributed by atoms with E-state index in [2.05, 4.69) is 87.3 Å². The molecule has 1 heterocycles. The molecule has 0 amide bonds. The molecule has 7 N–H and O–H groups in total. The fraction of sp³-hybridized carbons (Fsp3) is 0.655. The summed E-state index contributed by atoms with van der Waals surface area (Å²) in [6.07, 6.45) is 11.4. The van der Waals surface area contributed by atoms with E-state index in [1.807, 2.05) is 0 Å². The molecule has 0 aromatic heterocycles. The molecule has 5 nitrogen and oxygen atoms in total. The fourth-order valence-electron chi connectivity index (χ4n) is 5.58. The van der Waals surface area contributed by atoms with Crippen LogP contribution in [0.5, 0.6) is 0 Å². The summed E-state index contributed by atoms with van der Waals surface area (Å²) < 4.78 is 0. The molecule has 1 fully saturated rings. The number of nitrogens with one attached hydrogen (secondary N) is 1. The van der Waals surface area contributed by atoms with E-state index in [0.29, 0.717) is 23.3 Å². The molecule has 1 unspecified atom stereocenters. The highest BCUT2D eigenvalue weighted by atomic mass is 35.5. The van der Waals surface area contributed by atoms with Crippen molar-refractivity contribution in [2.75, 3.05) is 26.2 Å². The number of nitrogens with zero attached hydrogens (tertiary/aromatic N) is 1. The Morgan fingerprint density at radius 3 is 2.46 bits per heavy atom. The first kappa shape index (κ1) is 35.9. The van der Waals surface area contributed by atoms with Crippen LogP contribution >= 0.6 is 11.6 Å². The SMILES string of the molecule is C.Cc1cccc(CCCN[C@@H](CN2CC[C@H](C3C=CC(Cl)=CC3)C(C)(C)C2)C(C)C)c1.O.O.O. The summed E-state index contributed by atoms with van der Waals surface area (Å²) in [6, 6.07) is 9.48. The second-order valence-electron chi connectivity index (χ2n) is 10.9. The molecular formula is C29H53ClN2O3. The van der Waals surface area contributed by atoms with Crippen molar-refractivity contribution in [3.8, 4) is 0 Å². The van der Waals surface area contributed by atoms with E-state index < -0.39 is 0 Å². The Morgan fingerprint density at radius 1 is 1.17 bits per heavy atom. The molecule has 1 aromatic rings. The van der Waals surface area contributed by atoms with E-state index in [1.165, 1.54) is 37.1 Å². The zero-order valence-corrected chi connectivity index (χ0v) is 22.6. The number of benzene rings is 1. The van der Waals surface area contributed by atoms with Crippen LogP contribution in [-0.4, -0.2) is 53.5 Å². The van der Waals surface area contributed by atoms with Crippen LogP contribution in [0.15, 0.2) is 47.5 Å². The maximum absolute atomic E-state index is 6.15. The Kier molecular flexibility index (Phi) is 17.0. The number of hydrogen-bond acceptors (Lipinski definition) is 2. The van der Waals surface area contributed by atoms with Crippen LogP contribution in [-0.2, 0) is 6.42 Å². The lowest BCUT2D eigenvalue weighted by Crippen LogP contribution is -2.52. The van der Waals surface area contributed by atoms with E-state index in [4.69, 9.17) is 11.6 Å². The van der Waals surface area contributed by atoms with Crippen LogP contribution < -0.4 is 5.32 Å². The predicted molar refractivity (Wildman–Crippen MR) is 153 cm³/mol. The van der Waals surface area contributed by atoms with Crippen molar-refractivity contribution in [3.05, 3.63) is 58.7 Å². The molecule has 0 radical (unpaired) electrons. The predicted octanol–water partition coefficient (Wildman–Crippen LogP) is 4.75. The van der Waals surface area contributed by atoms with Gasteiger partial charge in [0.25, 0.3) is 0 Å². The Bertz CT molecular complexity index is 779. The molecule has 1 aliphatic heterocycles. The Balaban J connectivity index is 0. The van der Waals surface area contributed by atoms with Crippen LogP contribution in [0.2, 0.25) is 0 Å². The van der Waals surface area contributed by atoms with E-state index in [9.17, 15) is 0 Å². The molecule has 2 aliphatic rings. The van der Waals surface area contributed by atoms with Gasteiger partial charge in [-0.1, -0.05) is 88.7 Å². The Labute approximate surface area is 219 Å². The van der Waals surface area contributed by atoms with Gasteiger partial charge < -0.3 is 26.6 Å². The lowest BCUT2D eigenvalue weighted by Gasteiger charge is -2.48. The van der Waals surface area contributed by atoms with Crippen LogP contribution in [0, 0.1) is 30.1 Å². The third-order valence-corrected chi connectivity index (χ3v) is 7.67. The monoisotopic (exact) mass is 512 g/mol. The minimum absolute atomic E-state index is 0. The highest BCUT2D eigenvalue weighted by Gasteiger charge is 2.39. The summed E-state index contributed by atoms with van der Waals surface area (Å²) in [5.41, 5.74) is 3.15. The first-order valence-electron chi connectivity index (χ1n) is 12.3. The van der Waals surface area contributed by atoms with Crippen LogP contribution in [0.25, 0.3) is 0 Å². The van der Waals surface area contributed by atoms with E-state index >= 15 is 0 Å². The van der Waals surface area contributed by atoms with Gasteiger partial charge in [-0.3, -0.25) is 0 Å². The van der Waals surface area contributed by atoms with Gasteiger partial charge in [-0.2, -0.15) is 0 Å². The molecular weight excluding hydrogens is 460 g/mol. The standard InChI is InChI=1S/C28H43ClN2.CH4.3H2O/c1-21(2)27(30-16-7-10-23-9-6-8-22(3)18-23)19-31-17-15-26(28(4,5)20-31)24-11-13-25(29)14-12-24;;;;/h6,8-9,11,13-14,18,21,24,26-27,30H,7,10,12,15-17,19-20H2,1-5H3;1H4;3*1H2/t24?,26-,27+;;;;/m1..../s1. The average Bonchev–Trinajstić information content (AvgIpc) is 2.70. The highest BCUT2D eigenvalue weighted by molar-refractivity contribution is 6.31. The molecule has 3 rings (SSSR count). The first-order chi connectivity index (χ1) is 14.7. The number of likely N-dealkylation sites (tertiary alicyclic amines) is 1. The van der Waals surface area contributed by atoms with Gasteiger partial charge in [-0.05, 0) is 80.5 Å². The number of piperidine rings is 1. The van der Waals surface area contributed by atoms with Crippen LogP contribution in [0.3, 0.4) is 0 Å². The zero-order valence-electron chi connectivity index (χ0n) is 21.8. The minimum Gasteiger partial charge on any atom is -0.412 e. The summed E-state index contributed by atoms with van der Waals surface area (Å²) in [4.78, 5) is 2.71. The Hall–Kier alpha value is -1.21. The summed E-state index contributed by atoms with van der Waals surface area (Å²) >= 11 is 6.15. The van der Waals surface area contributed by atoms with Gasteiger partial charge in [0.2, 0.25) is 0 Å². The molecule has 3 atom stereocenters. The highest BCUT2D eigenvalue weighted by Crippen LogP contribution is 2.43. The largest absolute Gasteiger partial charge is 0.412 e. The number of aryl methyl sites for hydroxylation is 2. The molecule has 0 spiro atoms. The van der Waals surface area contributed by atoms with E-state index in [-0.39, 0.29) is 23.9 Å². The van der Waals surface area contributed by atoms with Gasteiger partial charge in [0.1, 0.15) is 0 Å². The van der Waals surface area contributed by atoms with E-state index in [0.717, 1.165) is 36.9 Å². The summed E-state index contributed by atoms with van der Waals surface area (Å²) in [5, 5.41) is 4.79. The Morgan fingerprint density at radius 2 is 1.89 bits per heavy atom. The summed E-state index contributed by atoms with van der Waals surface area (Å²) in [6.45, 7) is 16.5. The summed E-state index contributed by atoms with van der Waals surface area (Å²) in [5.74, 6) is 2.02.